The molecular formula is C11H19N3O3. The SMILES string of the molecule is C[C@@H](NC(=O)CNC(=O)C1CC1)C(=O)N(C)C. The minimum atomic E-state index is -0.574. The van der Waals surface area contributed by atoms with Crippen LogP contribution in [0.3, 0.4) is 0 Å². The van der Waals surface area contributed by atoms with E-state index in [4.69, 9.17) is 0 Å². The molecule has 6 heteroatoms. The van der Waals surface area contributed by atoms with Crippen molar-refractivity contribution in [3.63, 3.8) is 0 Å². The third-order valence-electron chi connectivity index (χ3n) is 2.56. The molecule has 0 aromatic heterocycles. The lowest BCUT2D eigenvalue weighted by Crippen LogP contribution is -2.47. The number of likely N-dealkylation sites (N-methyl/N-ethyl adjacent to an activating group) is 1. The van der Waals surface area contributed by atoms with Gasteiger partial charge in [0.05, 0.1) is 6.54 Å². The first-order chi connectivity index (χ1) is 7.91. The Morgan fingerprint density at radius 1 is 1.29 bits per heavy atom. The number of rotatable bonds is 5. The van der Waals surface area contributed by atoms with E-state index in [0.717, 1.165) is 12.8 Å². The van der Waals surface area contributed by atoms with Crippen molar-refractivity contribution in [1.82, 2.24) is 15.5 Å². The van der Waals surface area contributed by atoms with Gasteiger partial charge in [0.1, 0.15) is 6.04 Å². The molecule has 1 atom stereocenters. The molecule has 6 nitrogen and oxygen atoms in total. The molecule has 0 aliphatic heterocycles. The fourth-order valence-corrected chi connectivity index (χ4v) is 1.40. The van der Waals surface area contributed by atoms with Crippen molar-refractivity contribution in [2.75, 3.05) is 20.6 Å². The van der Waals surface area contributed by atoms with Gasteiger partial charge in [0, 0.05) is 20.0 Å². The van der Waals surface area contributed by atoms with Crippen molar-refractivity contribution >= 4 is 17.7 Å². The Bertz CT molecular complexity index is 324. The van der Waals surface area contributed by atoms with Gasteiger partial charge in [0.15, 0.2) is 0 Å². The van der Waals surface area contributed by atoms with Crippen molar-refractivity contribution < 1.29 is 14.4 Å². The van der Waals surface area contributed by atoms with Crippen molar-refractivity contribution in [3.8, 4) is 0 Å². The molecule has 0 saturated heterocycles. The quantitative estimate of drug-likeness (QED) is 0.655. The largest absolute Gasteiger partial charge is 0.347 e. The fourth-order valence-electron chi connectivity index (χ4n) is 1.40. The van der Waals surface area contributed by atoms with E-state index in [1.54, 1.807) is 21.0 Å². The van der Waals surface area contributed by atoms with Gasteiger partial charge in [-0.15, -0.1) is 0 Å². The third kappa shape index (κ3) is 4.42. The Labute approximate surface area is 101 Å². The summed E-state index contributed by atoms with van der Waals surface area (Å²) < 4.78 is 0. The predicted molar refractivity (Wildman–Crippen MR) is 62.0 cm³/mol. The molecule has 0 aromatic carbocycles. The molecule has 17 heavy (non-hydrogen) atoms. The molecule has 0 radical (unpaired) electrons. The summed E-state index contributed by atoms with van der Waals surface area (Å²) in [6.07, 6.45) is 1.81. The Morgan fingerprint density at radius 2 is 1.88 bits per heavy atom. The third-order valence-corrected chi connectivity index (χ3v) is 2.56. The van der Waals surface area contributed by atoms with Crippen LogP contribution in [0.5, 0.6) is 0 Å². The van der Waals surface area contributed by atoms with Crippen molar-refractivity contribution in [2.24, 2.45) is 5.92 Å². The maximum atomic E-state index is 11.5. The summed E-state index contributed by atoms with van der Waals surface area (Å²) in [6.45, 7) is 1.54. The van der Waals surface area contributed by atoms with Gasteiger partial charge in [-0.05, 0) is 19.8 Å². The van der Waals surface area contributed by atoms with E-state index in [1.165, 1.54) is 4.90 Å². The van der Waals surface area contributed by atoms with Gasteiger partial charge in [-0.25, -0.2) is 0 Å². The van der Waals surface area contributed by atoms with Crippen molar-refractivity contribution in [3.05, 3.63) is 0 Å². The highest BCUT2D eigenvalue weighted by molar-refractivity contribution is 5.90. The molecule has 0 bridgehead atoms. The normalized spacial score (nSPS) is 15.9. The molecule has 2 N–H and O–H groups in total. The maximum absolute atomic E-state index is 11.5. The van der Waals surface area contributed by atoms with Crippen LogP contribution in [0.2, 0.25) is 0 Å². The fraction of sp³-hybridized carbons (Fsp3) is 0.727. The number of hydrogen-bond acceptors (Lipinski definition) is 3. The molecule has 0 spiro atoms. The van der Waals surface area contributed by atoms with E-state index >= 15 is 0 Å². The molecule has 0 heterocycles. The van der Waals surface area contributed by atoms with E-state index in [9.17, 15) is 14.4 Å². The topological polar surface area (TPSA) is 78.5 Å². The molecule has 96 valence electrons. The molecule has 0 aromatic rings. The number of nitrogens with one attached hydrogen (secondary N) is 2. The minimum Gasteiger partial charge on any atom is -0.347 e. The van der Waals surface area contributed by atoms with Gasteiger partial charge >= 0.3 is 0 Å². The summed E-state index contributed by atoms with van der Waals surface area (Å²) in [5.41, 5.74) is 0. The van der Waals surface area contributed by atoms with Crippen LogP contribution in [0.15, 0.2) is 0 Å². The van der Waals surface area contributed by atoms with Gasteiger partial charge < -0.3 is 15.5 Å². The second-order valence-electron chi connectivity index (χ2n) is 4.51. The van der Waals surface area contributed by atoms with Gasteiger partial charge in [-0.3, -0.25) is 14.4 Å². The number of carbonyl (C=O) groups excluding carboxylic acids is 3. The van der Waals surface area contributed by atoms with Crippen LogP contribution in [0.4, 0.5) is 0 Å². The van der Waals surface area contributed by atoms with Crippen LogP contribution in [0, 0.1) is 5.92 Å². The number of carbonyl (C=O) groups is 3. The van der Waals surface area contributed by atoms with E-state index < -0.39 is 6.04 Å². The van der Waals surface area contributed by atoms with E-state index in [2.05, 4.69) is 10.6 Å². The zero-order valence-electron chi connectivity index (χ0n) is 10.4. The lowest BCUT2D eigenvalue weighted by molar-refractivity contribution is -0.134. The van der Waals surface area contributed by atoms with Gasteiger partial charge in [0.2, 0.25) is 17.7 Å². The van der Waals surface area contributed by atoms with Gasteiger partial charge in [-0.1, -0.05) is 0 Å². The van der Waals surface area contributed by atoms with E-state index in [0.29, 0.717) is 0 Å². The first kappa shape index (κ1) is 13.5. The van der Waals surface area contributed by atoms with Crippen LogP contribution in [-0.4, -0.2) is 49.3 Å². The molecule has 1 saturated carbocycles. The zero-order chi connectivity index (χ0) is 13.0. The number of nitrogens with zero attached hydrogens (tertiary/aromatic N) is 1. The maximum Gasteiger partial charge on any atom is 0.244 e. The average molecular weight is 241 g/mol. The lowest BCUT2D eigenvalue weighted by atomic mass is 10.3. The Morgan fingerprint density at radius 3 is 2.35 bits per heavy atom. The van der Waals surface area contributed by atoms with Gasteiger partial charge in [-0.2, -0.15) is 0 Å². The Hall–Kier alpha value is -1.59. The summed E-state index contributed by atoms with van der Waals surface area (Å²) in [5, 5.41) is 5.07. The van der Waals surface area contributed by atoms with Gasteiger partial charge in [0.25, 0.3) is 0 Å². The van der Waals surface area contributed by atoms with Crippen molar-refractivity contribution in [1.29, 1.82) is 0 Å². The second kappa shape index (κ2) is 5.65. The summed E-state index contributed by atoms with van der Waals surface area (Å²) in [6, 6.07) is -0.574. The molecule has 0 unspecified atom stereocenters. The Kier molecular flexibility index (Phi) is 4.48. The summed E-state index contributed by atoms with van der Waals surface area (Å²) in [5.74, 6) is -0.510. The highest BCUT2D eigenvalue weighted by atomic mass is 16.2. The second-order valence-corrected chi connectivity index (χ2v) is 4.51. The predicted octanol–water partition coefficient (Wildman–Crippen LogP) is -0.894. The van der Waals surface area contributed by atoms with Crippen LogP contribution < -0.4 is 10.6 Å². The molecule has 1 aliphatic carbocycles. The molecular weight excluding hydrogens is 222 g/mol. The molecule has 1 fully saturated rings. The van der Waals surface area contributed by atoms with E-state index in [-0.39, 0.29) is 30.2 Å². The molecule has 1 rings (SSSR count). The Balaban J connectivity index is 2.23. The monoisotopic (exact) mass is 241 g/mol. The smallest absolute Gasteiger partial charge is 0.244 e. The number of hydrogen-bond donors (Lipinski definition) is 2. The average Bonchev–Trinajstić information content (AvgIpc) is 3.08. The summed E-state index contributed by atoms with van der Waals surface area (Å²) >= 11 is 0. The summed E-state index contributed by atoms with van der Waals surface area (Å²) in [7, 11) is 3.25. The van der Waals surface area contributed by atoms with Crippen LogP contribution in [0.1, 0.15) is 19.8 Å². The molecule has 3 amide bonds. The first-order valence-electron chi connectivity index (χ1n) is 5.70. The zero-order valence-corrected chi connectivity index (χ0v) is 10.4. The van der Waals surface area contributed by atoms with Crippen molar-refractivity contribution in [2.45, 2.75) is 25.8 Å². The minimum absolute atomic E-state index is 0.0691. The van der Waals surface area contributed by atoms with Crippen LogP contribution in [-0.2, 0) is 14.4 Å². The highest BCUT2D eigenvalue weighted by Crippen LogP contribution is 2.28. The number of amides is 3. The summed E-state index contributed by atoms with van der Waals surface area (Å²) in [4.78, 5) is 35.6. The molecule has 1 aliphatic rings. The standard InChI is InChI=1S/C11H19N3O3/c1-7(11(17)14(2)3)13-9(15)6-12-10(16)8-4-5-8/h7-8H,4-6H2,1-3H3,(H,12,16)(H,13,15)/t7-/m1/s1. The van der Waals surface area contributed by atoms with Crippen LogP contribution in [0.25, 0.3) is 0 Å². The van der Waals surface area contributed by atoms with E-state index in [1.807, 2.05) is 0 Å². The highest BCUT2D eigenvalue weighted by Gasteiger charge is 2.29. The van der Waals surface area contributed by atoms with Crippen LogP contribution >= 0.6 is 0 Å². The first-order valence-corrected chi connectivity index (χ1v) is 5.70. The lowest BCUT2D eigenvalue weighted by Gasteiger charge is -2.18.